The molecule has 0 unspecified atom stereocenters. The predicted molar refractivity (Wildman–Crippen MR) is 25.7 cm³/mol. The summed E-state index contributed by atoms with van der Waals surface area (Å²) in [6.07, 6.45) is 0. The summed E-state index contributed by atoms with van der Waals surface area (Å²) >= 11 is 2.02. The van der Waals surface area contributed by atoms with Crippen molar-refractivity contribution in [3.8, 4) is 0 Å². The van der Waals surface area contributed by atoms with Gasteiger partial charge in [-0.15, -0.1) is 0 Å². The van der Waals surface area contributed by atoms with Crippen LogP contribution in [0.3, 0.4) is 0 Å². The fourth-order valence-corrected chi connectivity index (χ4v) is 0. The second-order valence-electron chi connectivity index (χ2n) is 0. The van der Waals surface area contributed by atoms with Crippen molar-refractivity contribution < 1.29 is 17.3 Å². The minimum absolute atomic E-state index is 2.02. The Kier molecular flexibility index (Phi) is 1810. The fourth-order valence-electron chi connectivity index (χ4n) is 0. The van der Waals surface area contributed by atoms with Crippen LogP contribution in [0, 0.1) is 13.2 Å². The van der Waals surface area contributed by atoms with Crippen LogP contribution in [0.1, 0.15) is 0 Å². The van der Waals surface area contributed by atoms with Gasteiger partial charge in [0.1, 0.15) is 0 Å². The molecule has 0 amide bonds. The van der Waals surface area contributed by atoms with Crippen molar-refractivity contribution in [3.63, 3.8) is 0 Å². The van der Waals surface area contributed by atoms with Crippen LogP contribution in [0.5, 0.6) is 0 Å². The normalized spacial score (nSPS) is 2.33. The quantitative estimate of drug-likeness (QED) is 0.406. The van der Waals surface area contributed by atoms with Gasteiger partial charge in [-0.25, -0.2) is 0 Å². The molecule has 0 aliphatic heterocycles. The number of halogens is 1. The van der Waals surface area contributed by atoms with Gasteiger partial charge in [0.15, 0.2) is 0 Å². The van der Waals surface area contributed by atoms with E-state index in [0.717, 1.165) is 0 Å². The summed E-state index contributed by atoms with van der Waals surface area (Å²) in [6.45, 7) is 14.0. The molecule has 0 nitrogen and oxygen atoms in total. The fraction of sp³-hybridized carbons (Fsp3) is 0. The van der Waals surface area contributed by atoms with Crippen molar-refractivity contribution in [2.45, 2.75) is 0 Å². The van der Waals surface area contributed by atoms with Crippen LogP contribution in [-0.4, -0.2) is 0 Å². The first-order valence-corrected chi connectivity index (χ1v) is 3.05. The Balaban J connectivity index is -0.0000000225. The van der Waals surface area contributed by atoms with E-state index in [0.29, 0.717) is 0 Å². The van der Waals surface area contributed by atoms with E-state index in [4.69, 9.17) is 0 Å². The van der Waals surface area contributed by atoms with E-state index in [-0.39, 0.29) is 0 Å². The maximum atomic E-state index is 4.53. The summed E-state index contributed by atoms with van der Waals surface area (Å²) < 4.78 is 0. The average molecular weight is 192 g/mol. The zero-order valence-corrected chi connectivity index (χ0v) is 5.67. The molecule has 0 aliphatic carbocycles. The van der Waals surface area contributed by atoms with Crippen molar-refractivity contribution in [3.05, 3.63) is 26.3 Å². The molecule has 0 aromatic heterocycles. The SMILES string of the molecule is [CH-]=C.[CH-]=C.[Cl][Rh+2]. The van der Waals surface area contributed by atoms with Crippen LogP contribution >= 0.6 is 9.69 Å². The third-order valence-electron chi connectivity index (χ3n) is 0. The first-order valence-electron chi connectivity index (χ1n) is 0.942. The molecule has 38 valence electrons. The second-order valence-corrected chi connectivity index (χ2v) is 0. The van der Waals surface area contributed by atoms with Gasteiger partial charge >= 0.3 is 27.0 Å². The average Bonchev–Trinajstić information content (AvgIpc) is 1.81. The van der Waals surface area contributed by atoms with Gasteiger partial charge in [-0.1, -0.05) is 0 Å². The maximum absolute atomic E-state index is 4.53. The van der Waals surface area contributed by atoms with E-state index >= 15 is 0 Å². The zero-order valence-electron chi connectivity index (χ0n) is 3.28. The molecule has 0 saturated heterocycles. The third kappa shape index (κ3) is 327. The Morgan fingerprint density at radius 2 is 1.00 bits per heavy atom. The molecule has 0 bridgehead atoms. The van der Waals surface area contributed by atoms with E-state index < -0.39 is 0 Å². The van der Waals surface area contributed by atoms with Gasteiger partial charge in [0.2, 0.25) is 0 Å². The van der Waals surface area contributed by atoms with E-state index in [1.165, 1.54) is 0 Å². The first kappa shape index (κ1) is 16.2. The van der Waals surface area contributed by atoms with Crippen LogP contribution in [-0.2, 0) is 17.3 Å². The van der Waals surface area contributed by atoms with E-state index in [9.17, 15) is 0 Å². The molecular formula is C4H6ClRh. The van der Waals surface area contributed by atoms with Crippen LogP contribution in [0.15, 0.2) is 13.2 Å². The number of rotatable bonds is 0. The molecule has 0 saturated carbocycles. The third-order valence-corrected chi connectivity index (χ3v) is 0. The van der Waals surface area contributed by atoms with Gasteiger partial charge in [-0.3, -0.25) is 13.2 Å². The number of hydrogen-bond donors (Lipinski definition) is 0. The monoisotopic (exact) mass is 192 g/mol. The van der Waals surface area contributed by atoms with E-state index in [1.807, 2.05) is 17.3 Å². The summed E-state index contributed by atoms with van der Waals surface area (Å²) in [5.74, 6) is 0. The molecule has 0 rings (SSSR count). The summed E-state index contributed by atoms with van der Waals surface area (Å²) in [4.78, 5) is 0. The van der Waals surface area contributed by atoms with Crippen molar-refractivity contribution in [1.29, 1.82) is 0 Å². The molecule has 0 aromatic rings. The van der Waals surface area contributed by atoms with Crippen LogP contribution < -0.4 is 0 Å². The van der Waals surface area contributed by atoms with Crippen LogP contribution in [0.2, 0.25) is 0 Å². The Morgan fingerprint density at radius 3 is 1.00 bits per heavy atom. The molecule has 0 fully saturated rings. The van der Waals surface area contributed by atoms with Crippen molar-refractivity contribution in [1.82, 2.24) is 0 Å². The van der Waals surface area contributed by atoms with Crippen molar-refractivity contribution in [2.24, 2.45) is 0 Å². The van der Waals surface area contributed by atoms with Gasteiger partial charge in [-0.2, -0.15) is 0 Å². The topological polar surface area (TPSA) is 0 Å². The van der Waals surface area contributed by atoms with Crippen LogP contribution in [0.4, 0.5) is 0 Å². The van der Waals surface area contributed by atoms with Gasteiger partial charge in [0.25, 0.3) is 0 Å². The van der Waals surface area contributed by atoms with Gasteiger partial charge in [0.05, 0.1) is 0 Å². The Morgan fingerprint density at radius 1 is 1.00 bits per heavy atom. The van der Waals surface area contributed by atoms with Gasteiger partial charge in [-0.05, 0) is 0 Å². The standard InChI is InChI=1S/2C2H3.ClH.Rh/c2*1-2;;/h2*1H,2H2;1H;/q2*-1;;+3/p-1. The summed E-state index contributed by atoms with van der Waals surface area (Å²) in [5.41, 5.74) is 0. The molecule has 0 N–H and O–H groups in total. The Labute approximate surface area is 53.6 Å². The Bertz CT molecular complexity index is 9.51. The van der Waals surface area contributed by atoms with E-state index in [2.05, 4.69) is 36.0 Å². The summed E-state index contributed by atoms with van der Waals surface area (Å²) in [6, 6.07) is 0. The van der Waals surface area contributed by atoms with Crippen molar-refractivity contribution >= 4 is 9.69 Å². The molecule has 0 heterocycles. The van der Waals surface area contributed by atoms with E-state index in [1.54, 1.807) is 0 Å². The van der Waals surface area contributed by atoms with Crippen LogP contribution in [0.25, 0.3) is 0 Å². The molecule has 2 heteroatoms. The molecule has 0 spiro atoms. The molecule has 6 heavy (non-hydrogen) atoms. The van der Waals surface area contributed by atoms with Gasteiger partial charge in [0, 0.05) is 0 Å². The second kappa shape index (κ2) is 673. The molecule has 0 radical (unpaired) electrons. The zero-order chi connectivity index (χ0) is 6.00. The number of hydrogen-bond acceptors (Lipinski definition) is 0. The van der Waals surface area contributed by atoms with Crippen molar-refractivity contribution in [2.75, 3.05) is 0 Å². The summed E-state index contributed by atoms with van der Waals surface area (Å²) in [5, 5.41) is 0. The predicted octanol–water partition coefficient (Wildman–Crippen LogP) is 1.90. The summed E-state index contributed by atoms with van der Waals surface area (Å²) in [7, 11) is 4.53. The molecule has 0 atom stereocenters. The molecular weight excluding hydrogens is 186 g/mol. The molecule has 0 aromatic carbocycles. The minimum atomic E-state index is 2.02. The Hall–Kier alpha value is 0.393. The first-order chi connectivity index (χ1) is 3.00. The molecule has 0 aliphatic rings. The van der Waals surface area contributed by atoms with Gasteiger partial charge < -0.3 is 13.2 Å².